The van der Waals surface area contributed by atoms with Crippen LogP contribution in [0.25, 0.3) is 16.9 Å². The van der Waals surface area contributed by atoms with E-state index in [4.69, 9.17) is 23.2 Å². The summed E-state index contributed by atoms with van der Waals surface area (Å²) >= 11 is 11.9. The quantitative estimate of drug-likeness (QED) is 0.221. The number of benzene rings is 3. The van der Waals surface area contributed by atoms with Gasteiger partial charge in [0.1, 0.15) is 11.6 Å². The fraction of sp³-hybridized carbons (Fsp3) is 0. The summed E-state index contributed by atoms with van der Waals surface area (Å²) in [6.07, 6.45) is 4.78. The zero-order valence-electron chi connectivity index (χ0n) is 19.2. The number of carbonyl (C=O) groups is 2. The molecule has 0 saturated carbocycles. The molecule has 2 heterocycles. The first-order valence-electron chi connectivity index (χ1n) is 11.0. The third-order valence-electron chi connectivity index (χ3n) is 5.44. The lowest BCUT2D eigenvalue weighted by molar-refractivity contribution is 0.102. The molecule has 38 heavy (non-hydrogen) atoms. The topological polar surface area (TPSA) is 100 Å². The summed E-state index contributed by atoms with van der Waals surface area (Å²) in [6.45, 7) is 0. The van der Waals surface area contributed by atoms with Gasteiger partial charge in [0, 0.05) is 35.3 Å². The van der Waals surface area contributed by atoms with Crippen molar-refractivity contribution >= 4 is 58.0 Å². The Labute approximate surface area is 224 Å². The number of anilines is 3. The van der Waals surface area contributed by atoms with Crippen molar-refractivity contribution in [1.82, 2.24) is 14.4 Å². The molecule has 2 aromatic heterocycles. The van der Waals surface area contributed by atoms with Crippen molar-refractivity contribution in [2.24, 2.45) is 0 Å². The summed E-state index contributed by atoms with van der Waals surface area (Å²) < 4.78 is 28.7. The van der Waals surface area contributed by atoms with E-state index in [0.717, 1.165) is 12.1 Å². The number of fused-ring (bicyclic) bond motifs is 1. The number of amides is 3. The van der Waals surface area contributed by atoms with Gasteiger partial charge in [-0.25, -0.2) is 23.5 Å². The molecule has 12 heteroatoms. The van der Waals surface area contributed by atoms with Gasteiger partial charge < -0.3 is 16.0 Å². The molecule has 0 atom stereocenters. The number of halogens is 4. The molecular formula is C26H16Cl2F2N6O2. The number of hydrogen-bond acceptors (Lipinski definition) is 4. The molecule has 190 valence electrons. The largest absolute Gasteiger partial charge is 0.323 e. The van der Waals surface area contributed by atoms with Crippen molar-refractivity contribution in [3.63, 3.8) is 0 Å². The Hall–Kier alpha value is -4.54. The monoisotopic (exact) mass is 552 g/mol. The minimum atomic E-state index is -0.893. The molecule has 0 unspecified atom stereocenters. The van der Waals surface area contributed by atoms with Crippen LogP contribution >= 0.6 is 23.2 Å². The van der Waals surface area contributed by atoms with E-state index in [-0.39, 0.29) is 16.5 Å². The Kier molecular flexibility index (Phi) is 6.91. The van der Waals surface area contributed by atoms with E-state index in [1.165, 1.54) is 18.3 Å². The van der Waals surface area contributed by atoms with Crippen molar-refractivity contribution in [1.29, 1.82) is 0 Å². The van der Waals surface area contributed by atoms with Gasteiger partial charge >= 0.3 is 6.03 Å². The van der Waals surface area contributed by atoms with E-state index in [0.29, 0.717) is 39.2 Å². The van der Waals surface area contributed by atoms with Crippen LogP contribution in [0.5, 0.6) is 0 Å². The highest BCUT2D eigenvalue weighted by Crippen LogP contribution is 2.27. The predicted octanol–water partition coefficient (Wildman–Crippen LogP) is 6.88. The summed E-state index contributed by atoms with van der Waals surface area (Å²) in [5, 5.41) is 8.27. The molecular weight excluding hydrogens is 537 g/mol. The summed E-state index contributed by atoms with van der Waals surface area (Å²) in [5.74, 6) is -1.86. The van der Waals surface area contributed by atoms with Gasteiger partial charge in [-0.05, 0) is 42.5 Å². The van der Waals surface area contributed by atoms with Crippen LogP contribution in [0.15, 0.2) is 79.3 Å². The molecule has 0 spiro atoms. The Morgan fingerprint density at radius 2 is 1.71 bits per heavy atom. The van der Waals surface area contributed by atoms with Gasteiger partial charge in [0.25, 0.3) is 5.91 Å². The van der Waals surface area contributed by atoms with Crippen LogP contribution in [0.3, 0.4) is 0 Å². The highest BCUT2D eigenvalue weighted by Gasteiger charge is 2.15. The van der Waals surface area contributed by atoms with Crippen LogP contribution in [0, 0.1) is 11.6 Å². The minimum Gasteiger partial charge on any atom is -0.308 e. The molecule has 0 radical (unpaired) electrons. The van der Waals surface area contributed by atoms with Crippen molar-refractivity contribution in [2.75, 3.05) is 16.0 Å². The highest BCUT2D eigenvalue weighted by atomic mass is 35.5. The molecule has 0 fully saturated rings. The van der Waals surface area contributed by atoms with E-state index in [9.17, 15) is 18.4 Å². The first-order chi connectivity index (χ1) is 18.3. The fourth-order valence-electron chi connectivity index (χ4n) is 3.67. The average Bonchev–Trinajstić information content (AvgIpc) is 3.33. The normalized spacial score (nSPS) is 10.8. The molecule has 0 saturated heterocycles. The van der Waals surface area contributed by atoms with Crippen LogP contribution < -0.4 is 16.0 Å². The Morgan fingerprint density at radius 3 is 2.50 bits per heavy atom. The lowest BCUT2D eigenvalue weighted by atomic mass is 10.1. The van der Waals surface area contributed by atoms with Crippen LogP contribution in [0.4, 0.5) is 30.8 Å². The number of nitrogens with zero attached hydrogens (tertiary/aromatic N) is 3. The van der Waals surface area contributed by atoms with E-state index in [1.54, 1.807) is 47.1 Å². The van der Waals surface area contributed by atoms with Gasteiger partial charge in [-0.2, -0.15) is 0 Å². The molecule has 0 bridgehead atoms. The SMILES string of the molecule is O=C(Nc1cccc(-c2cnc3c(NC(=O)c4ccc(Cl)c(Cl)c4)nccn23)c1)Nc1ccc(F)cc1F. The summed E-state index contributed by atoms with van der Waals surface area (Å²) in [7, 11) is 0. The minimum absolute atomic E-state index is 0.162. The molecule has 0 aliphatic carbocycles. The maximum absolute atomic E-state index is 13.9. The number of imidazole rings is 1. The molecule has 3 N–H and O–H groups in total. The number of urea groups is 1. The summed E-state index contributed by atoms with van der Waals surface area (Å²) in [6, 6.07) is 13.5. The van der Waals surface area contributed by atoms with E-state index in [2.05, 4.69) is 25.9 Å². The van der Waals surface area contributed by atoms with Crippen LogP contribution in [0.1, 0.15) is 10.4 Å². The zero-order valence-corrected chi connectivity index (χ0v) is 20.7. The zero-order chi connectivity index (χ0) is 26.8. The van der Waals surface area contributed by atoms with Gasteiger partial charge in [0.15, 0.2) is 11.5 Å². The number of carbonyl (C=O) groups excluding carboxylic acids is 2. The second-order valence-electron chi connectivity index (χ2n) is 7.98. The Balaban J connectivity index is 1.36. The number of rotatable bonds is 5. The molecule has 5 aromatic rings. The molecule has 8 nitrogen and oxygen atoms in total. The number of aromatic nitrogens is 3. The van der Waals surface area contributed by atoms with Crippen molar-refractivity contribution in [3.05, 3.63) is 106 Å². The Morgan fingerprint density at radius 1 is 0.868 bits per heavy atom. The molecule has 0 aliphatic heterocycles. The van der Waals surface area contributed by atoms with Gasteiger partial charge in [-0.1, -0.05) is 35.3 Å². The number of hydrogen-bond donors (Lipinski definition) is 3. The Bertz CT molecular complexity index is 1710. The standard InChI is InChI=1S/C26H16Cl2F2N6O2/c27-18-6-4-15(11-19(18)28)25(37)35-23-24-32-13-22(36(24)9-8-31-23)14-2-1-3-17(10-14)33-26(38)34-21-7-5-16(29)12-20(21)30/h1-13H,(H,31,35,37)(H2,33,34,38). The third-order valence-corrected chi connectivity index (χ3v) is 6.18. The maximum atomic E-state index is 13.9. The second kappa shape index (κ2) is 10.4. The van der Waals surface area contributed by atoms with Gasteiger partial charge in [-0.3, -0.25) is 9.20 Å². The average molecular weight is 553 g/mol. The van der Waals surface area contributed by atoms with Gasteiger partial charge in [0.05, 0.1) is 27.6 Å². The van der Waals surface area contributed by atoms with Crippen LogP contribution in [-0.4, -0.2) is 26.3 Å². The number of nitrogens with one attached hydrogen (secondary N) is 3. The summed E-state index contributed by atoms with van der Waals surface area (Å²) in [4.78, 5) is 33.7. The van der Waals surface area contributed by atoms with Crippen molar-refractivity contribution < 1.29 is 18.4 Å². The first kappa shape index (κ1) is 25.1. The predicted molar refractivity (Wildman–Crippen MR) is 142 cm³/mol. The first-order valence-corrected chi connectivity index (χ1v) is 11.8. The second-order valence-corrected chi connectivity index (χ2v) is 8.79. The molecule has 0 aliphatic rings. The van der Waals surface area contributed by atoms with Crippen LogP contribution in [-0.2, 0) is 0 Å². The molecule has 3 amide bonds. The van der Waals surface area contributed by atoms with E-state index < -0.39 is 23.6 Å². The third kappa shape index (κ3) is 5.26. The maximum Gasteiger partial charge on any atom is 0.323 e. The van der Waals surface area contributed by atoms with Crippen LogP contribution in [0.2, 0.25) is 10.0 Å². The highest BCUT2D eigenvalue weighted by molar-refractivity contribution is 6.42. The lowest BCUT2D eigenvalue weighted by Crippen LogP contribution is -2.20. The summed E-state index contributed by atoms with van der Waals surface area (Å²) in [5.41, 5.74) is 2.29. The van der Waals surface area contributed by atoms with Gasteiger partial charge in [0.2, 0.25) is 0 Å². The lowest BCUT2D eigenvalue weighted by Gasteiger charge is -2.10. The molecule has 5 rings (SSSR count). The smallest absolute Gasteiger partial charge is 0.308 e. The van der Waals surface area contributed by atoms with Crippen molar-refractivity contribution in [3.8, 4) is 11.3 Å². The fourth-order valence-corrected chi connectivity index (χ4v) is 3.97. The molecule has 3 aromatic carbocycles. The van der Waals surface area contributed by atoms with Gasteiger partial charge in [-0.15, -0.1) is 0 Å². The van der Waals surface area contributed by atoms with E-state index in [1.807, 2.05) is 0 Å². The van der Waals surface area contributed by atoms with E-state index >= 15 is 0 Å². The van der Waals surface area contributed by atoms with Crippen molar-refractivity contribution in [2.45, 2.75) is 0 Å².